The first-order valence-corrected chi connectivity index (χ1v) is 9.86. The predicted octanol–water partition coefficient (Wildman–Crippen LogP) is 2.31. The molecule has 28 heavy (non-hydrogen) atoms. The third kappa shape index (κ3) is 4.62. The normalized spacial score (nSPS) is 16.0. The molecule has 1 amide bonds. The van der Waals surface area contributed by atoms with Gasteiger partial charge in [0.2, 0.25) is 5.91 Å². The van der Waals surface area contributed by atoms with Crippen molar-refractivity contribution in [1.29, 1.82) is 0 Å². The van der Waals surface area contributed by atoms with Crippen LogP contribution in [0.4, 0.5) is 4.39 Å². The van der Waals surface area contributed by atoms with Gasteiger partial charge in [-0.2, -0.15) is 5.10 Å². The summed E-state index contributed by atoms with van der Waals surface area (Å²) in [6, 6.07) is 4.03. The molecule has 1 aromatic heterocycles. The van der Waals surface area contributed by atoms with Crippen LogP contribution in [0.25, 0.3) is 0 Å². The molecule has 0 saturated heterocycles. The molecule has 1 N–H and O–H groups in total. The molecule has 1 aliphatic rings. The van der Waals surface area contributed by atoms with Crippen LogP contribution in [0.3, 0.4) is 0 Å². The van der Waals surface area contributed by atoms with Gasteiger partial charge in [0, 0.05) is 31.3 Å². The van der Waals surface area contributed by atoms with Crippen molar-refractivity contribution in [3.63, 3.8) is 0 Å². The van der Waals surface area contributed by atoms with Gasteiger partial charge in [0.25, 0.3) is 0 Å². The maximum Gasteiger partial charge on any atom is 0.346 e. The molecule has 0 spiro atoms. The first-order chi connectivity index (χ1) is 13.5. The van der Waals surface area contributed by atoms with E-state index in [2.05, 4.69) is 10.4 Å². The Morgan fingerprint density at radius 3 is 3.04 bits per heavy atom. The highest BCUT2D eigenvalue weighted by Crippen LogP contribution is 2.25. The van der Waals surface area contributed by atoms with Gasteiger partial charge in [0.15, 0.2) is 0 Å². The lowest BCUT2D eigenvalue weighted by atomic mass is 9.98. The zero-order valence-electron chi connectivity index (χ0n) is 15.8. The summed E-state index contributed by atoms with van der Waals surface area (Å²) in [6.45, 7) is 4.35. The number of nitrogens with one attached hydrogen (secondary N) is 1. The molecule has 3 rings (SSSR count). The molecular weight excluding hydrogens is 387 g/mol. The molecule has 0 aliphatic carbocycles. The molecule has 0 bridgehead atoms. The molecular formula is C19H24ClFN4O3. The molecule has 0 fully saturated rings. The topological polar surface area (TPSA) is 78.2 Å². The van der Waals surface area contributed by atoms with Crippen molar-refractivity contribution >= 4 is 17.5 Å². The Labute approximate surface area is 167 Å². The fourth-order valence-corrected chi connectivity index (χ4v) is 3.55. The smallest absolute Gasteiger partial charge is 0.346 e. The van der Waals surface area contributed by atoms with Crippen LogP contribution in [0.2, 0.25) is 5.02 Å². The van der Waals surface area contributed by atoms with Crippen LogP contribution < -0.4 is 11.0 Å². The molecule has 152 valence electrons. The molecule has 9 heteroatoms. The van der Waals surface area contributed by atoms with Gasteiger partial charge in [-0.3, -0.25) is 9.36 Å². The standard InChI is InChI=1S/C19H24ClFN4O3/c1-2-28-10-4-8-22-18(26)15-5-3-9-24-17(15)23-25(19(24)27)12-13-6-7-14(21)11-16(13)20/h6-7,11,15H,2-5,8-10,12H2,1H3,(H,22,26). The summed E-state index contributed by atoms with van der Waals surface area (Å²) in [7, 11) is 0. The minimum atomic E-state index is -0.460. The molecule has 1 unspecified atom stereocenters. The van der Waals surface area contributed by atoms with E-state index in [0.717, 1.165) is 12.8 Å². The maximum absolute atomic E-state index is 13.2. The first-order valence-electron chi connectivity index (χ1n) is 9.48. The third-order valence-corrected chi connectivity index (χ3v) is 5.11. The number of hydrogen-bond acceptors (Lipinski definition) is 4. The van der Waals surface area contributed by atoms with Crippen LogP contribution in [0.5, 0.6) is 0 Å². The maximum atomic E-state index is 13.2. The Morgan fingerprint density at radius 1 is 1.46 bits per heavy atom. The van der Waals surface area contributed by atoms with Crippen molar-refractivity contribution in [1.82, 2.24) is 19.7 Å². The van der Waals surface area contributed by atoms with Gasteiger partial charge < -0.3 is 10.1 Å². The Bertz CT molecular complexity index is 896. The van der Waals surface area contributed by atoms with Crippen molar-refractivity contribution < 1.29 is 13.9 Å². The quantitative estimate of drug-likeness (QED) is 0.677. The molecule has 1 aliphatic heterocycles. The summed E-state index contributed by atoms with van der Waals surface area (Å²) < 4.78 is 21.3. The van der Waals surface area contributed by atoms with Crippen LogP contribution in [-0.2, 0) is 22.6 Å². The number of ether oxygens (including phenoxy) is 1. The van der Waals surface area contributed by atoms with Crippen molar-refractivity contribution in [2.75, 3.05) is 19.8 Å². The lowest BCUT2D eigenvalue weighted by molar-refractivity contribution is -0.123. The number of carbonyl (C=O) groups is 1. The summed E-state index contributed by atoms with van der Waals surface area (Å²) in [5.74, 6) is -0.559. The highest BCUT2D eigenvalue weighted by molar-refractivity contribution is 6.31. The molecule has 7 nitrogen and oxygen atoms in total. The molecule has 0 radical (unpaired) electrons. The van der Waals surface area contributed by atoms with Crippen molar-refractivity contribution in [3.8, 4) is 0 Å². The highest BCUT2D eigenvalue weighted by Gasteiger charge is 2.31. The van der Waals surface area contributed by atoms with Gasteiger partial charge in [-0.05, 0) is 43.9 Å². The van der Waals surface area contributed by atoms with Gasteiger partial charge in [-0.15, -0.1) is 0 Å². The number of nitrogens with zero attached hydrogens (tertiary/aromatic N) is 3. The van der Waals surface area contributed by atoms with Gasteiger partial charge >= 0.3 is 5.69 Å². The number of hydrogen-bond donors (Lipinski definition) is 1. The van der Waals surface area contributed by atoms with E-state index in [1.165, 1.54) is 22.9 Å². The Balaban J connectivity index is 1.74. The van der Waals surface area contributed by atoms with Crippen LogP contribution in [-0.4, -0.2) is 40.0 Å². The monoisotopic (exact) mass is 410 g/mol. The summed E-state index contributed by atoms with van der Waals surface area (Å²) >= 11 is 6.07. The second kappa shape index (κ2) is 9.34. The lowest BCUT2D eigenvalue weighted by Crippen LogP contribution is -2.35. The Hall–Kier alpha value is -2.19. The van der Waals surface area contributed by atoms with Gasteiger partial charge in [0.05, 0.1) is 12.5 Å². The number of aromatic nitrogens is 3. The first kappa shape index (κ1) is 20.5. The zero-order valence-corrected chi connectivity index (χ0v) is 16.5. The van der Waals surface area contributed by atoms with E-state index in [9.17, 15) is 14.0 Å². The summed E-state index contributed by atoms with van der Waals surface area (Å²) in [5, 5.41) is 7.54. The van der Waals surface area contributed by atoms with Crippen LogP contribution in [0.15, 0.2) is 23.0 Å². The molecule has 1 aromatic carbocycles. The fourth-order valence-electron chi connectivity index (χ4n) is 3.32. The summed E-state index contributed by atoms with van der Waals surface area (Å²) in [6.07, 6.45) is 2.11. The Kier molecular flexibility index (Phi) is 6.85. The minimum absolute atomic E-state index is 0.126. The number of rotatable bonds is 8. The molecule has 2 heterocycles. The van der Waals surface area contributed by atoms with E-state index in [0.29, 0.717) is 44.1 Å². The predicted molar refractivity (Wildman–Crippen MR) is 103 cm³/mol. The van der Waals surface area contributed by atoms with Crippen LogP contribution in [0.1, 0.15) is 43.5 Å². The van der Waals surface area contributed by atoms with Gasteiger partial charge in [-0.1, -0.05) is 17.7 Å². The SMILES string of the molecule is CCOCCCNC(=O)C1CCCn2c1nn(Cc1ccc(F)cc1Cl)c2=O. The van der Waals surface area contributed by atoms with Crippen molar-refractivity contribution in [2.24, 2.45) is 0 Å². The number of halogens is 2. The second-order valence-electron chi connectivity index (χ2n) is 6.72. The van der Waals surface area contributed by atoms with E-state index in [1.54, 1.807) is 4.57 Å². The average Bonchev–Trinajstić information content (AvgIpc) is 2.99. The summed E-state index contributed by atoms with van der Waals surface area (Å²) in [4.78, 5) is 25.3. The van der Waals surface area contributed by atoms with Crippen LogP contribution in [0, 0.1) is 5.82 Å². The third-order valence-electron chi connectivity index (χ3n) is 4.76. The van der Waals surface area contributed by atoms with E-state index in [4.69, 9.17) is 16.3 Å². The van der Waals surface area contributed by atoms with E-state index >= 15 is 0 Å². The van der Waals surface area contributed by atoms with Crippen molar-refractivity contribution in [2.45, 2.75) is 45.2 Å². The highest BCUT2D eigenvalue weighted by atomic mass is 35.5. The average molecular weight is 411 g/mol. The van der Waals surface area contributed by atoms with Gasteiger partial charge in [0.1, 0.15) is 11.6 Å². The van der Waals surface area contributed by atoms with E-state index in [-0.39, 0.29) is 23.2 Å². The minimum Gasteiger partial charge on any atom is -0.382 e. The summed E-state index contributed by atoms with van der Waals surface area (Å²) in [5.41, 5.74) is 0.307. The van der Waals surface area contributed by atoms with Gasteiger partial charge in [-0.25, -0.2) is 13.9 Å². The molecule has 1 atom stereocenters. The largest absolute Gasteiger partial charge is 0.382 e. The lowest BCUT2D eigenvalue weighted by Gasteiger charge is -2.21. The number of fused-ring (bicyclic) bond motifs is 1. The number of carbonyl (C=O) groups excluding carboxylic acids is 1. The molecule has 0 saturated carbocycles. The Morgan fingerprint density at radius 2 is 2.29 bits per heavy atom. The van der Waals surface area contributed by atoms with Crippen LogP contribution >= 0.6 is 11.6 Å². The number of amides is 1. The van der Waals surface area contributed by atoms with E-state index < -0.39 is 11.7 Å². The zero-order chi connectivity index (χ0) is 20.1. The number of benzene rings is 1. The molecule has 2 aromatic rings. The van der Waals surface area contributed by atoms with Crippen molar-refractivity contribution in [3.05, 3.63) is 50.9 Å². The fraction of sp³-hybridized carbons (Fsp3) is 0.526. The second-order valence-corrected chi connectivity index (χ2v) is 7.13. The van der Waals surface area contributed by atoms with E-state index in [1.807, 2.05) is 6.92 Å².